The van der Waals surface area contributed by atoms with Crippen LogP contribution in [-0.2, 0) is 0 Å². The molecule has 0 bridgehead atoms. The average molecular weight is 327 g/mol. The number of benzene rings is 2. The molecule has 1 heterocycles. The second-order valence-electron chi connectivity index (χ2n) is 4.50. The molecule has 3 aromatic rings. The van der Waals surface area contributed by atoms with Crippen LogP contribution in [0.3, 0.4) is 0 Å². The highest BCUT2D eigenvalue weighted by molar-refractivity contribution is 7.71. The van der Waals surface area contributed by atoms with E-state index in [1.165, 1.54) is 12.1 Å². The summed E-state index contributed by atoms with van der Waals surface area (Å²) in [5, 5.41) is 0.596. The maximum atomic E-state index is 13.7. The van der Waals surface area contributed by atoms with Crippen LogP contribution in [0.1, 0.15) is 5.56 Å². The van der Waals surface area contributed by atoms with E-state index in [4.69, 9.17) is 35.4 Å². The van der Waals surface area contributed by atoms with Gasteiger partial charge in [-0.1, -0.05) is 29.3 Å². The van der Waals surface area contributed by atoms with Gasteiger partial charge in [0, 0.05) is 6.07 Å². The molecule has 0 aliphatic heterocycles. The summed E-state index contributed by atoms with van der Waals surface area (Å²) >= 11 is 17.3. The number of H-pyrrole nitrogens is 1. The van der Waals surface area contributed by atoms with E-state index >= 15 is 0 Å². The van der Waals surface area contributed by atoms with E-state index in [1.807, 2.05) is 19.1 Å². The summed E-state index contributed by atoms with van der Waals surface area (Å²) in [4.78, 5) is 3.01. The van der Waals surface area contributed by atoms with Gasteiger partial charge in [0.25, 0.3) is 0 Å². The Morgan fingerprint density at radius 2 is 1.90 bits per heavy atom. The van der Waals surface area contributed by atoms with Crippen LogP contribution in [0.15, 0.2) is 30.3 Å². The molecule has 0 unspecified atom stereocenters. The van der Waals surface area contributed by atoms with Gasteiger partial charge in [0.15, 0.2) is 4.77 Å². The van der Waals surface area contributed by atoms with Gasteiger partial charge in [0.1, 0.15) is 5.82 Å². The third kappa shape index (κ3) is 2.14. The van der Waals surface area contributed by atoms with E-state index < -0.39 is 5.82 Å². The number of imidazole rings is 1. The van der Waals surface area contributed by atoms with Crippen LogP contribution in [0.4, 0.5) is 4.39 Å². The van der Waals surface area contributed by atoms with Gasteiger partial charge in [-0.15, -0.1) is 0 Å². The Hall–Kier alpha value is -1.36. The lowest BCUT2D eigenvalue weighted by molar-refractivity contribution is 0.629. The van der Waals surface area contributed by atoms with Crippen LogP contribution in [0.5, 0.6) is 0 Å². The number of aromatic nitrogens is 2. The highest BCUT2D eigenvalue weighted by Gasteiger charge is 2.12. The molecule has 0 saturated heterocycles. The van der Waals surface area contributed by atoms with Crippen LogP contribution in [0.25, 0.3) is 16.7 Å². The van der Waals surface area contributed by atoms with Crippen LogP contribution >= 0.6 is 35.4 Å². The van der Waals surface area contributed by atoms with Gasteiger partial charge in [-0.2, -0.15) is 0 Å². The third-order valence-electron chi connectivity index (χ3n) is 3.07. The quantitative estimate of drug-likeness (QED) is 0.590. The number of nitrogens with zero attached hydrogens (tertiary/aromatic N) is 1. The molecule has 3 rings (SSSR count). The van der Waals surface area contributed by atoms with E-state index in [0.29, 0.717) is 26.5 Å². The van der Waals surface area contributed by atoms with Crippen molar-refractivity contribution in [2.75, 3.05) is 0 Å². The second kappa shape index (κ2) is 4.88. The Morgan fingerprint density at radius 1 is 1.15 bits per heavy atom. The van der Waals surface area contributed by atoms with E-state index in [2.05, 4.69) is 4.98 Å². The van der Waals surface area contributed by atoms with Crippen molar-refractivity contribution < 1.29 is 4.39 Å². The van der Waals surface area contributed by atoms with Gasteiger partial charge in [-0.25, -0.2) is 4.39 Å². The Kier molecular flexibility index (Phi) is 3.32. The first-order valence-electron chi connectivity index (χ1n) is 5.83. The molecule has 0 atom stereocenters. The van der Waals surface area contributed by atoms with E-state index in [1.54, 1.807) is 10.6 Å². The number of hydrogen-bond donors (Lipinski definition) is 1. The minimum Gasteiger partial charge on any atom is -0.330 e. The highest BCUT2D eigenvalue weighted by atomic mass is 35.5. The molecule has 2 aromatic carbocycles. The molecule has 0 amide bonds. The van der Waals surface area contributed by atoms with E-state index in [-0.39, 0.29) is 5.02 Å². The molecule has 0 aliphatic rings. The Morgan fingerprint density at radius 3 is 2.65 bits per heavy atom. The molecule has 2 nitrogen and oxygen atoms in total. The predicted molar refractivity (Wildman–Crippen MR) is 83.2 cm³/mol. The first kappa shape index (κ1) is 13.6. The number of aromatic amines is 1. The number of aryl methyl sites for hydroxylation is 1. The van der Waals surface area contributed by atoms with Crippen molar-refractivity contribution in [2.45, 2.75) is 6.92 Å². The monoisotopic (exact) mass is 326 g/mol. The predicted octanol–water partition coefficient (Wildman–Crippen LogP) is 5.44. The summed E-state index contributed by atoms with van der Waals surface area (Å²) in [5.74, 6) is -0.495. The van der Waals surface area contributed by atoms with Crippen LogP contribution in [0.2, 0.25) is 10.0 Å². The molecular formula is C14H9Cl2FN2S. The van der Waals surface area contributed by atoms with Crippen LogP contribution < -0.4 is 0 Å². The van der Waals surface area contributed by atoms with E-state index in [0.717, 1.165) is 5.56 Å². The van der Waals surface area contributed by atoms with Crippen LogP contribution in [-0.4, -0.2) is 9.55 Å². The molecular weight excluding hydrogens is 318 g/mol. The molecule has 102 valence electrons. The van der Waals surface area contributed by atoms with Crippen molar-refractivity contribution >= 4 is 46.5 Å². The third-order valence-corrected chi connectivity index (χ3v) is 3.96. The van der Waals surface area contributed by atoms with Gasteiger partial charge >= 0.3 is 0 Å². The normalized spacial score (nSPS) is 11.2. The van der Waals surface area contributed by atoms with Gasteiger partial charge in [0.2, 0.25) is 0 Å². The lowest BCUT2D eigenvalue weighted by Gasteiger charge is -2.08. The molecule has 0 radical (unpaired) electrons. The standard InChI is InChI=1S/C14H9Cl2FN2S/c1-7-2-3-8(15)12(4-7)19-13-6-10(17)9(16)5-11(13)18-14(19)20/h2-6H,1H3,(H,18,20). The van der Waals surface area contributed by atoms with Crippen LogP contribution in [0, 0.1) is 17.5 Å². The smallest absolute Gasteiger partial charge is 0.182 e. The molecule has 1 N–H and O–H groups in total. The maximum Gasteiger partial charge on any atom is 0.182 e. The minimum absolute atomic E-state index is 0.0521. The van der Waals surface area contributed by atoms with Crippen molar-refractivity contribution in [2.24, 2.45) is 0 Å². The lowest BCUT2D eigenvalue weighted by Crippen LogP contribution is -1.96. The van der Waals surface area contributed by atoms with Crippen molar-refractivity contribution in [3.05, 3.63) is 56.5 Å². The molecule has 0 fully saturated rings. The first-order chi connectivity index (χ1) is 9.47. The highest BCUT2D eigenvalue weighted by Crippen LogP contribution is 2.29. The molecule has 1 aromatic heterocycles. The second-order valence-corrected chi connectivity index (χ2v) is 5.70. The number of rotatable bonds is 1. The molecule has 6 heteroatoms. The molecule has 0 saturated carbocycles. The number of hydrogen-bond acceptors (Lipinski definition) is 1. The summed E-state index contributed by atoms with van der Waals surface area (Å²) < 4.78 is 15.9. The fourth-order valence-electron chi connectivity index (χ4n) is 2.14. The molecule has 0 spiro atoms. The zero-order valence-electron chi connectivity index (χ0n) is 10.4. The van der Waals surface area contributed by atoms with Crippen molar-refractivity contribution in [3.8, 4) is 5.69 Å². The summed E-state index contributed by atoms with van der Waals surface area (Å²) in [6, 6.07) is 8.46. The van der Waals surface area contributed by atoms with Gasteiger partial charge in [0.05, 0.1) is 26.8 Å². The minimum atomic E-state index is -0.495. The summed E-state index contributed by atoms with van der Waals surface area (Å²) in [6.45, 7) is 1.95. The molecule has 0 aliphatic carbocycles. The molecule has 20 heavy (non-hydrogen) atoms. The fourth-order valence-corrected chi connectivity index (χ4v) is 2.81. The Bertz CT molecular complexity index is 883. The zero-order valence-corrected chi connectivity index (χ0v) is 12.7. The Labute approximate surface area is 129 Å². The first-order valence-corrected chi connectivity index (χ1v) is 7.00. The zero-order chi connectivity index (χ0) is 14.4. The topological polar surface area (TPSA) is 20.7 Å². The van der Waals surface area contributed by atoms with E-state index in [9.17, 15) is 4.39 Å². The van der Waals surface area contributed by atoms with Crippen molar-refractivity contribution in [1.29, 1.82) is 0 Å². The maximum absolute atomic E-state index is 13.7. The SMILES string of the molecule is Cc1ccc(Cl)c(-n2c(=S)[nH]c3cc(Cl)c(F)cc32)c1. The number of nitrogens with one attached hydrogen (secondary N) is 1. The number of halogens is 3. The summed E-state index contributed by atoms with van der Waals surface area (Å²) in [6.07, 6.45) is 0. The van der Waals surface area contributed by atoms with Gasteiger partial charge in [-0.05, 0) is 42.9 Å². The Balaban J connectivity index is 2.42. The summed E-state index contributed by atoms with van der Waals surface area (Å²) in [5.41, 5.74) is 3.02. The average Bonchev–Trinajstić information content (AvgIpc) is 2.69. The largest absolute Gasteiger partial charge is 0.330 e. The fraction of sp³-hybridized carbons (Fsp3) is 0.0714. The lowest BCUT2D eigenvalue weighted by atomic mass is 10.2. The van der Waals surface area contributed by atoms with Crippen molar-refractivity contribution in [3.63, 3.8) is 0 Å². The van der Waals surface area contributed by atoms with Crippen molar-refractivity contribution in [1.82, 2.24) is 9.55 Å². The summed E-state index contributed by atoms with van der Waals surface area (Å²) in [7, 11) is 0. The van der Waals surface area contributed by atoms with Gasteiger partial charge < -0.3 is 4.98 Å². The van der Waals surface area contributed by atoms with Gasteiger partial charge in [-0.3, -0.25) is 4.57 Å². The number of fused-ring (bicyclic) bond motifs is 1.